The summed E-state index contributed by atoms with van der Waals surface area (Å²) in [7, 11) is 0. The number of rotatable bonds is 1. The average molecular weight is 276 g/mol. The number of aromatic nitrogens is 1. The summed E-state index contributed by atoms with van der Waals surface area (Å²) >= 11 is 0. The van der Waals surface area contributed by atoms with E-state index < -0.39 is 29.3 Å². The van der Waals surface area contributed by atoms with Crippen LogP contribution in [0.5, 0.6) is 0 Å². The topological polar surface area (TPSA) is 12.9 Å². The van der Waals surface area contributed by atoms with Gasteiger partial charge in [0, 0.05) is 23.4 Å². The molecular weight excluding hydrogens is 272 g/mol. The van der Waals surface area contributed by atoms with Gasteiger partial charge in [0.15, 0.2) is 5.82 Å². The molecule has 1 aromatic heterocycles. The second-order valence-electron chi connectivity index (χ2n) is 3.59. The first-order valence-corrected chi connectivity index (χ1v) is 4.89. The molecule has 0 fully saturated rings. The van der Waals surface area contributed by atoms with Gasteiger partial charge < -0.3 is 0 Å². The molecule has 1 aromatic carbocycles. The zero-order chi connectivity index (χ0) is 14.2. The SMILES string of the molecule is Fc1[c]c(C(F)(F)F)ccc1-c1cnc(F)c(F)c1. The Labute approximate surface area is 103 Å². The van der Waals surface area contributed by atoms with E-state index in [2.05, 4.69) is 4.98 Å². The summed E-state index contributed by atoms with van der Waals surface area (Å²) in [5.41, 5.74) is -1.81. The molecule has 19 heavy (non-hydrogen) atoms. The molecule has 7 heteroatoms. The lowest BCUT2D eigenvalue weighted by Crippen LogP contribution is -2.06. The predicted molar refractivity (Wildman–Crippen MR) is 53.4 cm³/mol. The molecule has 2 aromatic rings. The second-order valence-corrected chi connectivity index (χ2v) is 3.59. The highest BCUT2D eigenvalue weighted by Gasteiger charge is 2.31. The minimum Gasteiger partial charge on any atom is -0.225 e. The predicted octanol–water partition coefficient (Wildman–Crippen LogP) is 3.98. The highest BCUT2D eigenvalue weighted by Crippen LogP contribution is 2.32. The molecule has 0 N–H and O–H groups in total. The van der Waals surface area contributed by atoms with Crippen LogP contribution in [0.15, 0.2) is 24.4 Å². The van der Waals surface area contributed by atoms with Crippen molar-refractivity contribution in [2.45, 2.75) is 6.18 Å². The van der Waals surface area contributed by atoms with Gasteiger partial charge in [-0.05, 0) is 12.1 Å². The van der Waals surface area contributed by atoms with Gasteiger partial charge >= 0.3 is 6.18 Å². The Kier molecular flexibility index (Phi) is 3.21. The lowest BCUT2D eigenvalue weighted by atomic mass is 10.0. The summed E-state index contributed by atoms with van der Waals surface area (Å²) in [4.78, 5) is 3.02. The van der Waals surface area contributed by atoms with Gasteiger partial charge in [-0.15, -0.1) is 0 Å². The molecule has 0 amide bonds. The van der Waals surface area contributed by atoms with E-state index in [1.165, 1.54) is 6.07 Å². The first-order chi connectivity index (χ1) is 8.79. The van der Waals surface area contributed by atoms with Crippen LogP contribution in [0.4, 0.5) is 26.3 Å². The van der Waals surface area contributed by atoms with E-state index in [-0.39, 0.29) is 11.1 Å². The Morgan fingerprint density at radius 3 is 2.26 bits per heavy atom. The molecule has 0 saturated carbocycles. The van der Waals surface area contributed by atoms with Crippen LogP contribution in [0.1, 0.15) is 5.56 Å². The fraction of sp³-hybridized carbons (Fsp3) is 0.0833. The number of hydrogen-bond acceptors (Lipinski definition) is 1. The molecule has 0 aliphatic rings. The van der Waals surface area contributed by atoms with Crippen LogP contribution in [0, 0.1) is 23.6 Å². The second kappa shape index (κ2) is 4.56. The maximum absolute atomic E-state index is 13.5. The van der Waals surface area contributed by atoms with Crippen molar-refractivity contribution in [3.05, 3.63) is 53.6 Å². The molecule has 1 radical (unpaired) electrons. The Morgan fingerprint density at radius 2 is 1.74 bits per heavy atom. The van der Waals surface area contributed by atoms with Crippen LogP contribution in [0.3, 0.4) is 0 Å². The molecule has 0 spiro atoms. The summed E-state index contributed by atoms with van der Waals surface area (Å²) in [6.45, 7) is 0. The van der Waals surface area contributed by atoms with Gasteiger partial charge in [0.25, 0.3) is 0 Å². The molecule has 1 nitrogen and oxygen atoms in total. The molecule has 0 aliphatic carbocycles. The minimum absolute atomic E-state index is 0.179. The molecule has 0 unspecified atom stereocenters. The third-order valence-corrected chi connectivity index (χ3v) is 2.31. The molecule has 2 rings (SSSR count). The zero-order valence-electron chi connectivity index (χ0n) is 9.02. The van der Waals surface area contributed by atoms with E-state index >= 15 is 0 Å². The van der Waals surface area contributed by atoms with Crippen LogP contribution < -0.4 is 0 Å². The van der Waals surface area contributed by atoms with Crippen LogP contribution in [-0.4, -0.2) is 4.98 Å². The maximum Gasteiger partial charge on any atom is 0.417 e. The fourth-order valence-electron chi connectivity index (χ4n) is 1.42. The maximum atomic E-state index is 13.5. The van der Waals surface area contributed by atoms with E-state index in [0.717, 1.165) is 12.3 Å². The van der Waals surface area contributed by atoms with Crippen LogP contribution in [0.2, 0.25) is 0 Å². The van der Waals surface area contributed by atoms with Gasteiger partial charge in [-0.25, -0.2) is 13.8 Å². The van der Waals surface area contributed by atoms with Crippen molar-refractivity contribution in [1.82, 2.24) is 4.98 Å². The summed E-state index contributed by atoms with van der Waals surface area (Å²) in [5.74, 6) is -4.01. The van der Waals surface area contributed by atoms with Crippen LogP contribution >= 0.6 is 0 Å². The highest BCUT2D eigenvalue weighted by atomic mass is 19.4. The Morgan fingerprint density at radius 1 is 1.05 bits per heavy atom. The van der Waals surface area contributed by atoms with E-state index in [4.69, 9.17) is 0 Å². The number of pyridine rings is 1. The van der Waals surface area contributed by atoms with Crippen LogP contribution in [0.25, 0.3) is 11.1 Å². The first-order valence-electron chi connectivity index (χ1n) is 4.89. The zero-order valence-corrected chi connectivity index (χ0v) is 9.02. The van der Waals surface area contributed by atoms with E-state index in [0.29, 0.717) is 12.1 Å². The number of nitrogens with zero attached hydrogens (tertiary/aromatic N) is 1. The van der Waals surface area contributed by atoms with Crippen molar-refractivity contribution in [1.29, 1.82) is 0 Å². The van der Waals surface area contributed by atoms with E-state index in [1.807, 2.05) is 0 Å². The van der Waals surface area contributed by atoms with Crippen molar-refractivity contribution < 1.29 is 26.3 Å². The average Bonchev–Trinajstić information content (AvgIpc) is 2.31. The van der Waals surface area contributed by atoms with Gasteiger partial charge in [-0.3, -0.25) is 0 Å². The van der Waals surface area contributed by atoms with Gasteiger partial charge in [0.05, 0.1) is 5.56 Å². The van der Waals surface area contributed by atoms with Gasteiger partial charge in [0.2, 0.25) is 5.95 Å². The molecule has 0 saturated heterocycles. The smallest absolute Gasteiger partial charge is 0.225 e. The summed E-state index contributed by atoms with van der Waals surface area (Å²) in [6.07, 6.45) is -3.91. The fourth-order valence-corrected chi connectivity index (χ4v) is 1.42. The quantitative estimate of drug-likeness (QED) is 0.567. The number of alkyl halides is 3. The first kappa shape index (κ1) is 13.4. The molecular formula is C12H4F6N. The van der Waals surface area contributed by atoms with Crippen molar-refractivity contribution in [3.63, 3.8) is 0 Å². The number of hydrogen-bond donors (Lipinski definition) is 0. The Bertz CT molecular complexity index is 620. The van der Waals surface area contributed by atoms with E-state index in [9.17, 15) is 26.3 Å². The van der Waals surface area contributed by atoms with E-state index in [1.54, 1.807) is 0 Å². The Balaban J connectivity index is 2.49. The molecule has 0 bridgehead atoms. The lowest BCUT2D eigenvalue weighted by Gasteiger charge is -2.08. The van der Waals surface area contributed by atoms with Crippen molar-refractivity contribution in [2.75, 3.05) is 0 Å². The van der Waals surface area contributed by atoms with Crippen LogP contribution in [-0.2, 0) is 6.18 Å². The Hall–Kier alpha value is -2.05. The number of benzene rings is 1. The van der Waals surface area contributed by atoms with Gasteiger partial charge in [-0.1, -0.05) is 6.07 Å². The standard InChI is InChI=1S/C12H4F6N/c13-9-4-7(12(16,17)18)1-2-8(9)6-3-10(14)11(15)19-5-6/h1-3,5H. The molecule has 0 atom stereocenters. The third-order valence-electron chi connectivity index (χ3n) is 2.31. The van der Waals surface area contributed by atoms with Crippen molar-refractivity contribution in [2.24, 2.45) is 0 Å². The van der Waals surface area contributed by atoms with Gasteiger partial charge in [0.1, 0.15) is 5.82 Å². The normalized spacial score (nSPS) is 11.7. The molecule has 1 heterocycles. The minimum atomic E-state index is -4.73. The highest BCUT2D eigenvalue weighted by molar-refractivity contribution is 5.63. The molecule has 0 aliphatic heterocycles. The van der Waals surface area contributed by atoms with Crippen molar-refractivity contribution >= 4 is 0 Å². The summed E-state index contributed by atoms with van der Waals surface area (Å²) < 4.78 is 75.9. The molecule has 99 valence electrons. The number of halogens is 6. The lowest BCUT2D eigenvalue weighted by molar-refractivity contribution is -0.138. The monoisotopic (exact) mass is 276 g/mol. The van der Waals surface area contributed by atoms with Crippen molar-refractivity contribution in [3.8, 4) is 11.1 Å². The third kappa shape index (κ3) is 2.69. The summed E-state index contributed by atoms with van der Waals surface area (Å²) in [6, 6.07) is 3.56. The van der Waals surface area contributed by atoms with Gasteiger partial charge in [-0.2, -0.15) is 17.6 Å². The largest absolute Gasteiger partial charge is 0.417 e. The summed E-state index contributed by atoms with van der Waals surface area (Å²) in [5, 5.41) is 0.